The number of carbonyl (C=O) groups is 2. The number of amides is 1. The summed E-state index contributed by atoms with van der Waals surface area (Å²) in [6.07, 6.45) is 5.97. The molecule has 1 aromatic carbocycles. The first-order valence-electron chi connectivity index (χ1n) is 17.9. The van der Waals surface area contributed by atoms with Crippen molar-refractivity contribution in [3.8, 4) is 0 Å². The third kappa shape index (κ3) is 16.1. The quantitative estimate of drug-likeness (QED) is 0.181. The van der Waals surface area contributed by atoms with E-state index in [1.165, 1.54) is 17.2 Å². The van der Waals surface area contributed by atoms with Gasteiger partial charge in [-0.2, -0.15) is 18.3 Å². The Morgan fingerprint density at radius 3 is 2.02 bits per heavy atom. The van der Waals surface area contributed by atoms with E-state index < -0.39 is 17.4 Å². The number of aldehydes is 1. The molecule has 2 heterocycles. The molecular weight excluding hydrogens is 655 g/mol. The van der Waals surface area contributed by atoms with Crippen LogP contribution in [0.2, 0.25) is 0 Å². The van der Waals surface area contributed by atoms with E-state index in [-0.39, 0.29) is 24.5 Å². The Bertz CT molecular complexity index is 1460. The summed E-state index contributed by atoms with van der Waals surface area (Å²) < 4.78 is 38.7. The van der Waals surface area contributed by atoms with Crippen molar-refractivity contribution in [3.63, 3.8) is 0 Å². The number of hydrogen-bond acceptors (Lipinski definition) is 6. The summed E-state index contributed by atoms with van der Waals surface area (Å²) in [6.45, 7) is 20.3. The summed E-state index contributed by atoms with van der Waals surface area (Å²) in [5, 5.41) is 14.6. The second-order valence-corrected chi connectivity index (χ2v) is 10.9. The molecule has 0 aliphatic heterocycles. The Labute approximate surface area is 304 Å². The number of aromatic nitrogens is 3. The zero-order chi connectivity index (χ0) is 39.7. The lowest BCUT2D eigenvalue weighted by molar-refractivity contribution is -0.141. The number of pyridine rings is 1. The molecule has 2 N–H and O–H groups in total. The molecule has 0 aliphatic rings. The Morgan fingerprint density at radius 1 is 0.961 bits per heavy atom. The van der Waals surface area contributed by atoms with Crippen LogP contribution in [0.15, 0.2) is 48.3 Å². The van der Waals surface area contributed by atoms with Crippen LogP contribution in [0, 0.1) is 6.92 Å². The van der Waals surface area contributed by atoms with Gasteiger partial charge < -0.3 is 14.9 Å². The van der Waals surface area contributed by atoms with E-state index in [1.807, 2.05) is 96.9 Å². The first-order valence-corrected chi connectivity index (χ1v) is 17.9. The summed E-state index contributed by atoms with van der Waals surface area (Å²) in [6, 6.07) is 9.58. The van der Waals surface area contributed by atoms with E-state index >= 15 is 0 Å². The lowest BCUT2D eigenvalue weighted by Gasteiger charge is -2.18. The zero-order valence-corrected chi connectivity index (χ0v) is 33.1. The molecule has 0 spiro atoms. The topological polar surface area (TPSA) is 102 Å². The van der Waals surface area contributed by atoms with Crippen molar-refractivity contribution >= 4 is 30.0 Å². The number of benzene rings is 1. The van der Waals surface area contributed by atoms with Gasteiger partial charge >= 0.3 is 6.18 Å². The molecule has 3 aromatic rings. The van der Waals surface area contributed by atoms with Gasteiger partial charge in [0.1, 0.15) is 0 Å². The molecule has 11 heteroatoms. The van der Waals surface area contributed by atoms with E-state index in [0.717, 1.165) is 42.6 Å². The van der Waals surface area contributed by atoms with E-state index in [9.17, 15) is 22.8 Å². The fourth-order valence-corrected chi connectivity index (χ4v) is 4.63. The van der Waals surface area contributed by atoms with Gasteiger partial charge in [-0.3, -0.25) is 19.7 Å². The molecule has 1 atom stereocenters. The number of aryl methyl sites for hydroxylation is 1. The molecule has 0 bridgehead atoms. The smallest absolute Gasteiger partial charge is 0.396 e. The number of hydrogen-bond donors (Lipinski definition) is 2. The number of anilines is 1. The van der Waals surface area contributed by atoms with Gasteiger partial charge in [0, 0.05) is 57.0 Å². The summed E-state index contributed by atoms with van der Waals surface area (Å²) in [7, 11) is 5.27. The van der Waals surface area contributed by atoms with Crippen LogP contribution in [0.5, 0.6) is 0 Å². The molecule has 0 fully saturated rings. The molecule has 0 radical (unpaired) electrons. The molecule has 0 aliphatic carbocycles. The molecule has 8 nitrogen and oxygen atoms in total. The maximum absolute atomic E-state index is 12.9. The number of aliphatic hydroxyl groups is 1. The van der Waals surface area contributed by atoms with Crippen molar-refractivity contribution in [3.05, 3.63) is 87.6 Å². The lowest BCUT2D eigenvalue weighted by Crippen LogP contribution is -2.21. The van der Waals surface area contributed by atoms with Crippen LogP contribution in [-0.4, -0.2) is 65.1 Å². The number of aliphatic hydroxyl groups excluding tert-OH is 1. The van der Waals surface area contributed by atoms with Crippen molar-refractivity contribution in [2.45, 2.75) is 107 Å². The van der Waals surface area contributed by atoms with Crippen LogP contribution in [0.1, 0.15) is 143 Å². The maximum atomic E-state index is 12.9. The monoisotopic (exact) mass is 717 g/mol. The van der Waals surface area contributed by atoms with Crippen LogP contribution in [0.3, 0.4) is 0 Å². The fraction of sp³-hybridized carbons (Fsp3) is 0.500. The van der Waals surface area contributed by atoms with Gasteiger partial charge in [0.15, 0.2) is 12.0 Å². The first kappa shape index (κ1) is 48.9. The van der Waals surface area contributed by atoms with Gasteiger partial charge in [0.25, 0.3) is 5.91 Å². The number of rotatable bonds is 12. The van der Waals surface area contributed by atoms with Crippen LogP contribution in [0.4, 0.5) is 18.9 Å². The van der Waals surface area contributed by atoms with E-state index in [4.69, 9.17) is 5.11 Å². The number of H-pyrrole nitrogens is 1. The van der Waals surface area contributed by atoms with E-state index in [2.05, 4.69) is 23.9 Å². The summed E-state index contributed by atoms with van der Waals surface area (Å²) in [4.78, 5) is 30.5. The maximum Gasteiger partial charge on any atom is 0.433 e. The molecule has 3 rings (SSSR count). The SMILES string of the molecule is CC.CC.CC.CC/C(C)=C/c1c(N(C)/C=C\c2n[nH]c(C(F)(F)F)c2C=O)ccnc1C.CCCC(CCO)c1ccc(C(=O)N(C)C)cc1. The summed E-state index contributed by atoms with van der Waals surface area (Å²) in [5.41, 5.74) is 3.97. The minimum atomic E-state index is -4.67. The summed E-state index contributed by atoms with van der Waals surface area (Å²) in [5.74, 6) is 0.416. The number of aromatic amines is 1. The van der Waals surface area contributed by atoms with Gasteiger partial charge in [-0.1, -0.05) is 85.6 Å². The molecule has 2 aromatic heterocycles. The number of nitrogens with zero attached hydrogens (tertiary/aromatic N) is 4. The molecule has 1 unspecified atom stereocenters. The molecule has 0 saturated heterocycles. The predicted molar refractivity (Wildman–Crippen MR) is 207 cm³/mol. The number of allylic oxidation sites excluding steroid dienone is 1. The van der Waals surface area contributed by atoms with Gasteiger partial charge in [-0.15, -0.1) is 0 Å². The average molecular weight is 718 g/mol. The molecular formula is C40H62F3N5O3. The predicted octanol–water partition coefficient (Wildman–Crippen LogP) is 10.6. The van der Waals surface area contributed by atoms with Gasteiger partial charge in [0.2, 0.25) is 0 Å². The molecule has 51 heavy (non-hydrogen) atoms. The molecule has 0 saturated carbocycles. The highest BCUT2D eigenvalue weighted by Crippen LogP contribution is 2.31. The van der Waals surface area contributed by atoms with Crippen molar-refractivity contribution in [2.24, 2.45) is 0 Å². The highest BCUT2D eigenvalue weighted by atomic mass is 19.4. The second kappa shape index (κ2) is 26.5. The van der Waals surface area contributed by atoms with Crippen LogP contribution in [-0.2, 0) is 6.18 Å². The van der Waals surface area contributed by atoms with Crippen LogP contribution in [0.25, 0.3) is 12.2 Å². The third-order valence-electron chi connectivity index (χ3n) is 7.34. The van der Waals surface area contributed by atoms with Crippen LogP contribution < -0.4 is 4.90 Å². The normalized spacial score (nSPS) is 11.4. The van der Waals surface area contributed by atoms with E-state index in [0.29, 0.717) is 11.5 Å². The Kier molecular flexibility index (Phi) is 25.4. The Balaban J connectivity index is 0. The van der Waals surface area contributed by atoms with Crippen molar-refractivity contribution in [1.29, 1.82) is 0 Å². The largest absolute Gasteiger partial charge is 0.433 e. The molecule has 1 amide bonds. The molecule has 286 valence electrons. The van der Waals surface area contributed by atoms with Crippen molar-refractivity contribution in [2.75, 3.05) is 32.6 Å². The van der Waals surface area contributed by atoms with Gasteiger partial charge in [-0.05, 0) is 68.9 Å². The average Bonchev–Trinajstić information content (AvgIpc) is 3.58. The highest BCUT2D eigenvalue weighted by molar-refractivity contribution is 5.93. The fourth-order valence-electron chi connectivity index (χ4n) is 4.63. The second-order valence-electron chi connectivity index (χ2n) is 10.9. The van der Waals surface area contributed by atoms with Gasteiger partial charge in [-0.25, -0.2) is 0 Å². The third-order valence-corrected chi connectivity index (χ3v) is 7.34. The van der Waals surface area contributed by atoms with Crippen molar-refractivity contribution in [1.82, 2.24) is 20.1 Å². The number of nitrogens with one attached hydrogen (secondary N) is 1. The van der Waals surface area contributed by atoms with Gasteiger partial charge in [0.05, 0.1) is 16.9 Å². The number of carbonyl (C=O) groups excluding carboxylic acids is 2. The first-order chi connectivity index (χ1) is 24.3. The zero-order valence-electron chi connectivity index (χ0n) is 33.1. The van der Waals surface area contributed by atoms with Crippen molar-refractivity contribution < 1.29 is 27.9 Å². The number of halogens is 3. The summed E-state index contributed by atoms with van der Waals surface area (Å²) >= 11 is 0. The Hall–Kier alpha value is -4.25. The standard InChI is InChI=1S/C19H21F3N4O.C15H23NO2.3C2H6/c1-5-12(2)10-14-13(3)23-8-6-17(14)26(4)9-7-16-15(11-27)18(25-24-16)19(20,21)22;1-4-5-12(10-11-17)13-6-8-14(9-7-13)15(18)16(2)3;3*1-2/h6-11H,5H2,1-4H3,(H,24,25);6-9,12,17H,4-5,10-11H2,1-3H3;3*1-2H3/b9-7-,12-10+;;;;. The number of alkyl halides is 3. The highest BCUT2D eigenvalue weighted by Gasteiger charge is 2.36. The minimum Gasteiger partial charge on any atom is -0.396 e. The van der Waals surface area contributed by atoms with Crippen LogP contribution >= 0.6 is 0 Å². The lowest BCUT2D eigenvalue weighted by atomic mass is 9.91. The van der Waals surface area contributed by atoms with E-state index in [1.54, 1.807) is 43.3 Å². The minimum absolute atomic E-state index is 0.0238. The Morgan fingerprint density at radius 2 is 1.55 bits per heavy atom.